The molecular formula is C27H24ClN3O3. The van der Waals surface area contributed by atoms with E-state index in [0.29, 0.717) is 35.2 Å². The van der Waals surface area contributed by atoms with Crippen molar-refractivity contribution < 1.29 is 14.3 Å². The van der Waals surface area contributed by atoms with E-state index in [1.54, 1.807) is 14.2 Å². The van der Waals surface area contributed by atoms with Gasteiger partial charge in [0, 0.05) is 22.7 Å². The maximum absolute atomic E-state index is 13.5. The molecule has 2 heterocycles. The van der Waals surface area contributed by atoms with Gasteiger partial charge >= 0.3 is 0 Å². The minimum Gasteiger partial charge on any atom is -0.493 e. The molecule has 3 aromatic carbocycles. The van der Waals surface area contributed by atoms with Crippen LogP contribution in [0.1, 0.15) is 33.2 Å². The fourth-order valence-corrected chi connectivity index (χ4v) is 4.75. The van der Waals surface area contributed by atoms with Crippen LogP contribution in [0, 0.1) is 0 Å². The molecule has 0 bridgehead atoms. The van der Waals surface area contributed by atoms with Gasteiger partial charge in [-0.25, -0.2) is 0 Å². The summed E-state index contributed by atoms with van der Waals surface area (Å²) in [6, 6.07) is 23.1. The van der Waals surface area contributed by atoms with Crippen molar-refractivity contribution in [1.29, 1.82) is 0 Å². The van der Waals surface area contributed by atoms with Crippen LogP contribution in [0.25, 0.3) is 11.3 Å². The quantitative estimate of drug-likeness (QED) is 0.383. The summed E-state index contributed by atoms with van der Waals surface area (Å²) >= 11 is 6.35. The summed E-state index contributed by atoms with van der Waals surface area (Å²) in [6.45, 7) is 0.516. The largest absolute Gasteiger partial charge is 0.493 e. The van der Waals surface area contributed by atoms with Crippen molar-refractivity contribution in [2.75, 3.05) is 20.8 Å². The predicted molar refractivity (Wildman–Crippen MR) is 132 cm³/mol. The molecule has 6 nitrogen and oxygen atoms in total. The van der Waals surface area contributed by atoms with Crippen molar-refractivity contribution in [1.82, 2.24) is 15.1 Å². The van der Waals surface area contributed by atoms with Crippen LogP contribution >= 0.6 is 11.6 Å². The number of nitrogens with zero attached hydrogens (tertiary/aromatic N) is 2. The van der Waals surface area contributed by atoms with E-state index in [2.05, 4.69) is 10.2 Å². The van der Waals surface area contributed by atoms with Crippen LogP contribution in [-0.4, -0.2) is 41.8 Å². The number of aromatic amines is 1. The standard InChI is InChI=1S/C27H24ClN3O3/c1-33-21-12-11-17(15-22(21)34-2)13-14-31-26(19-9-6-10-20(28)16-19)23-24(18-7-4-3-5-8-18)29-30-25(23)27(31)32/h3-12,15-16,26H,13-14H2,1-2H3,(H,29,30). The summed E-state index contributed by atoms with van der Waals surface area (Å²) in [5, 5.41) is 8.14. The Morgan fingerprint density at radius 1 is 0.971 bits per heavy atom. The minimum atomic E-state index is -0.296. The van der Waals surface area contributed by atoms with E-state index in [-0.39, 0.29) is 11.9 Å². The van der Waals surface area contributed by atoms with E-state index in [4.69, 9.17) is 21.1 Å². The smallest absolute Gasteiger partial charge is 0.273 e. The molecule has 0 spiro atoms. The number of ether oxygens (including phenoxy) is 2. The number of aromatic nitrogens is 2. The molecule has 1 aliphatic heterocycles. The van der Waals surface area contributed by atoms with Gasteiger partial charge in [-0.3, -0.25) is 9.89 Å². The molecule has 0 radical (unpaired) electrons. The van der Waals surface area contributed by atoms with Gasteiger partial charge in [-0.2, -0.15) is 5.10 Å². The van der Waals surface area contributed by atoms with E-state index in [1.807, 2.05) is 77.7 Å². The van der Waals surface area contributed by atoms with Gasteiger partial charge in [0.2, 0.25) is 0 Å². The summed E-state index contributed by atoms with van der Waals surface area (Å²) in [5.74, 6) is 1.27. The first kappa shape index (κ1) is 22.0. The number of hydrogen-bond acceptors (Lipinski definition) is 4. The molecular weight excluding hydrogens is 450 g/mol. The van der Waals surface area contributed by atoms with E-state index in [0.717, 1.165) is 27.9 Å². The van der Waals surface area contributed by atoms with E-state index in [1.165, 1.54) is 0 Å². The zero-order valence-corrected chi connectivity index (χ0v) is 19.7. The summed E-state index contributed by atoms with van der Waals surface area (Å²) in [6.07, 6.45) is 0.654. The van der Waals surface area contributed by atoms with Gasteiger partial charge in [0.05, 0.1) is 26.0 Å². The highest BCUT2D eigenvalue weighted by atomic mass is 35.5. The van der Waals surface area contributed by atoms with Crippen molar-refractivity contribution >= 4 is 17.5 Å². The summed E-state index contributed by atoms with van der Waals surface area (Å²) in [4.78, 5) is 15.4. The molecule has 34 heavy (non-hydrogen) atoms. The molecule has 1 amide bonds. The molecule has 1 aromatic heterocycles. The highest BCUT2D eigenvalue weighted by Crippen LogP contribution is 2.43. The summed E-state index contributed by atoms with van der Waals surface area (Å²) in [7, 11) is 3.23. The number of H-pyrrole nitrogens is 1. The van der Waals surface area contributed by atoms with Gasteiger partial charge in [-0.1, -0.05) is 60.1 Å². The summed E-state index contributed by atoms with van der Waals surface area (Å²) < 4.78 is 10.8. The molecule has 7 heteroatoms. The average Bonchev–Trinajstić information content (AvgIpc) is 3.41. The molecule has 1 atom stereocenters. The van der Waals surface area contributed by atoms with E-state index >= 15 is 0 Å². The molecule has 0 aliphatic carbocycles. The molecule has 0 fully saturated rings. The number of hydrogen-bond donors (Lipinski definition) is 1. The number of carbonyl (C=O) groups is 1. The molecule has 1 N–H and O–H groups in total. The summed E-state index contributed by atoms with van der Waals surface area (Å²) in [5.41, 5.74) is 5.14. The Morgan fingerprint density at radius 2 is 1.76 bits per heavy atom. The molecule has 172 valence electrons. The normalized spacial score (nSPS) is 14.9. The zero-order valence-electron chi connectivity index (χ0n) is 18.9. The number of amides is 1. The Morgan fingerprint density at radius 3 is 2.50 bits per heavy atom. The maximum atomic E-state index is 13.5. The van der Waals surface area contributed by atoms with Crippen molar-refractivity contribution in [3.63, 3.8) is 0 Å². The second-order valence-corrected chi connectivity index (χ2v) is 8.56. The fourth-order valence-electron chi connectivity index (χ4n) is 4.55. The van der Waals surface area contributed by atoms with Gasteiger partial charge in [-0.05, 0) is 41.8 Å². The van der Waals surface area contributed by atoms with Gasteiger partial charge in [0.15, 0.2) is 11.5 Å². The third-order valence-electron chi connectivity index (χ3n) is 6.16. The number of rotatable bonds is 7. The number of halogens is 1. The van der Waals surface area contributed by atoms with Crippen LogP contribution < -0.4 is 9.47 Å². The predicted octanol–water partition coefficient (Wildman–Crippen LogP) is 5.54. The third kappa shape index (κ3) is 3.90. The molecule has 5 rings (SSSR count). The van der Waals surface area contributed by atoms with E-state index in [9.17, 15) is 4.79 Å². The van der Waals surface area contributed by atoms with Gasteiger partial charge in [-0.15, -0.1) is 0 Å². The van der Waals surface area contributed by atoms with Crippen molar-refractivity contribution in [2.24, 2.45) is 0 Å². The molecule has 0 saturated heterocycles. The lowest BCUT2D eigenvalue weighted by molar-refractivity contribution is 0.0746. The molecule has 4 aromatic rings. The fraction of sp³-hybridized carbons (Fsp3) is 0.185. The Bertz CT molecular complexity index is 1340. The van der Waals surface area contributed by atoms with E-state index < -0.39 is 0 Å². The number of carbonyl (C=O) groups excluding carboxylic acids is 1. The SMILES string of the molecule is COc1ccc(CCN2C(=O)c3[nH]nc(-c4ccccc4)c3C2c2cccc(Cl)c2)cc1OC. The average molecular weight is 474 g/mol. The Kier molecular flexibility index (Phi) is 5.99. The van der Waals surface area contributed by atoms with Crippen LogP contribution in [0.3, 0.4) is 0 Å². The second-order valence-electron chi connectivity index (χ2n) is 8.12. The molecule has 1 unspecified atom stereocenters. The highest BCUT2D eigenvalue weighted by molar-refractivity contribution is 6.30. The first-order valence-corrected chi connectivity index (χ1v) is 11.4. The lowest BCUT2D eigenvalue weighted by atomic mass is 9.96. The van der Waals surface area contributed by atoms with Crippen LogP contribution in [-0.2, 0) is 6.42 Å². The van der Waals surface area contributed by atoms with Crippen molar-refractivity contribution in [3.8, 4) is 22.8 Å². The Balaban J connectivity index is 1.53. The highest BCUT2D eigenvalue weighted by Gasteiger charge is 2.42. The van der Waals surface area contributed by atoms with Crippen molar-refractivity contribution in [2.45, 2.75) is 12.5 Å². The topological polar surface area (TPSA) is 67.5 Å². The monoisotopic (exact) mass is 473 g/mol. The van der Waals surface area contributed by atoms with Gasteiger partial charge in [0.25, 0.3) is 5.91 Å². The lowest BCUT2D eigenvalue weighted by Crippen LogP contribution is -2.31. The van der Waals surface area contributed by atoms with Crippen LogP contribution in [0.5, 0.6) is 11.5 Å². The van der Waals surface area contributed by atoms with Crippen LogP contribution in [0.4, 0.5) is 0 Å². The van der Waals surface area contributed by atoms with Crippen molar-refractivity contribution in [3.05, 3.63) is 100 Å². The zero-order chi connectivity index (χ0) is 23.7. The first-order chi connectivity index (χ1) is 16.6. The second kappa shape index (κ2) is 9.23. The van der Waals surface area contributed by atoms with Gasteiger partial charge in [0.1, 0.15) is 5.69 Å². The number of fused-ring (bicyclic) bond motifs is 1. The molecule has 1 aliphatic rings. The minimum absolute atomic E-state index is 0.0740. The Hall–Kier alpha value is -3.77. The Labute approximate surface area is 203 Å². The lowest BCUT2D eigenvalue weighted by Gasteiger charge is -2.26. The van der Waals surface area contributed by atoms with Gasteiger partial charge < -0.3 is 14.4 Å². The van der Waals surface area contributed by atoms with Crippen LogP contribution in [0.2, 0.25) is 5.02 Å². The third-order valence-corrected chi connectivity index (χ3v) is 6.40. The number of methoxy groups -OCH3 is 2. The number of nitrogens with one attached hydrogen (secondary N) is 1. The molecule has 0 saturated carbocycles. The number of benzene rings is 3. The van der Waals surface area contributed by atoms with Crippen LogP contribution in [0.15, 0.2) is 72.8 Å². The first-order valence-electron chi connectivity index (χ1n) is 11.0. The maximum Gasteiger partial charge on any atom is 0.273 e.